The average molecular weight is 495 g/mol. The molecular weight excluding hydrogens is 464 g/mol. The van der Waals surface area contributed by atoms with Crippen molar-refractivity contribution in [2.45, 2.75) is 20.3 Å². The van der Waals surface area contributed by atoms with Gasteiger partial charge >= 0.3 is 0 Å². The number of ether oxygens (including phenoxy) is 2. The predicted octanol–water partition coefficient (Wildman–Crippen LogP) is 5.08. The van der Waals surface area contributed by atoms with Gasteiger partial charge in [0.2, 0.25) is 0 Å². The second-order valence-electron chi connectivity index (χ2n) is 8.11. The number of benzene rings is 2. The lowest BCUT2D eigenvalue weighted by Crippen LogP contribution is -2.28. The van der Waals surface area contributed by atoms with Gasteiger partial charge in [-0.2, -0.15) is 0 Å². The molecule has 0 fully saturated rings. The van der Waals surface area contributed by atoms with E-state index in [4.69, 9.17) is 26.8 Å². The summed E-state index contributed by atoms with van der Waals surface area (Å²) in [6.07, 6.45) is 4.14. The van der Waals surface area contributed by atoms with E-state index in [9.17, 15) is 4.79 Å². The third kappa shape index (κ3) is 5.81. The second-order valence-corrected chi connectivity index (χ2v) is 8.52. The Balaban J connectivity index is 2.18. The number of pyridine rings is 1. The maximum atomic E-state index is 13.9. The van der Waals surface area contributed by atoms with Gasteiger partial charge in [0.15, 0.2) is 0 Å². The molecule has 3 aromatic rings. The van der Waals surface area contributed by atoms with Crippen LogP contribution in [0.15, 0.2) is 47.6 Å². The number of anilines is 1. The molecule has 1 heterocycles. The number of amides is 1. The minimum atomic E-state index is -0.260. The topological polar surface area (TPSA) is 90.0 Å². The summed E-state index contributed by atoms with van der Waals surface area (Å²) < 4.78 is 11.5. The average Bonchev–Trinajstić information content (AvgIpc) is 2.84. The van der Waals surface area contributed by atoms with E-state index >= 15 is 0 Å². The molecule has 184 valence electrons. The third-order valence-corrected chi connectivity index (χ3v) is 5.91. The first kappa shape index (κ1) is 26.2. The standard InChI is InChI=1S/C27H31ClN4O3/c1-17-8-6-9-24(34-5)26(17)32(4)27(33)21-13-20(23(28)14-25(21)35-11-7-10-29)22-16-31-18(2)12-19(22)15-30-3/h6,8-9,12-16H,7,10-11,29H2,1-5H3. The Morgan fingerprint density at radius 2 is 1.97 bits per heavy atom. The lowest BCUT2D eigenvalue weighted by molar-refractivity contribution is 0.0988. The number of rotatable bonds is 9. The van der Waals surface area contributed by atoms with Crippen molar-refractivity contribution in [2.24, 2.45) is 10.7 Å². The fourth-order valence-corrected chi connectivity index (χ4v) is 4.13. The highest BCUT2D eigenvalue weighted by Gasteiger charge is 2.24. The Bertz CT molecular complexity index is 1240. The first-order valence-electron chi connectivity index (χ1n) is 11.3. The van der Waals surface area contributed by atoms with Gasteiger partial charge in [-0.15, -0.1) is 0 Å². The molecule has 0 saturated carbocycles. The number of aryl methyl sites for hydroxylation is 2. The van der Waals surface area contributed by atoms with Crippen LogP contribution >= 0.6 is 11.6 Å². The molecule has 7 nitrogen and oxygen atoms in total. The fraction of sp³-hybridized carbons (Fsp3) is 0.296. The van der Waals surface area contributed by atoms with Gasteiger partial charge < -0.3 is 20.1 Å². The molecule has 35 heavy (non-hydrogen) atoms. The molecule has 0 atom stereocenters. The number of para-hydroxylation sites is 1. The van der Waals surface area contributed by atoms with E-state index in [0.717, 1.165) is 22.4 Å². The van der Waals surface area contributed by atoms with Crippen molar-refractivity contribution in [2.75, 3.05) is 39.3 Å². The van der Waals surface area contributed by atoms with Crippen molar-refractivity contribution < 1.29 is 14.3 Å². The summed E-state index contributed by atoms with van der Waals surface area (Å²) in [5.74, 6) is 0.733. The number of nitrogens with two attached hydrogens (primary N) is 1. The van der Waals surface area contributed by atoms with E-state index in [1.807, 2.05) is 38.1 Å². The summed E-state index contributed by atoms with van der Waals surface area (Å²) in [6, 6.07) is 11.0. The molecule has 0 aliphatic heterocycles. The second kappa shape index (κ2) is 11.8. The number of hydrogen-bond acceptors (Lipinski definition) is 6. The van der Waals surface area contributed by atoms with Crippen LogP contribution in [-0.2, 0) is 0 Å². The molecule has 0 spiro atoms. The van der Waals surface area contributed by atoms with Crippen LogP contribution in [0.4, 0.5) is 5.69 Å². The molecule has 8 heteroatoms. The van der Waals surface area contributed by atoms with Crippen molar-refractivity contribution in [1.29, 1.82) is 0 Å². The molecule has 0 bridgehead atoms. The van der Waals surface area contributed by atoms with E-state index in [2.05, 4.69) is 9.98 Å². The molecule has 0 saturated heterocycles. The molecule has 2 N–H and O–H groups in total. The summed E-state index contributed by atoms with van der Waals surface area (Å²) in [5, 5.41) is 0.442. The summed E-state index contributed by atoms with van der Waals surface area (Å²) >= 11 is 6.71. The van der Waals surface area contributed by atoms with E-state index in [-0.39, 0.29) is 5.91 Å². The van der Waals surface area contributed by atoms with E-state index in [0.29, 0.717) is 52.9 Å². The minimum Gasteiger partial charge on any atom is -0.495 e. The van der Waals surface area contributed by atoms with Gasteiger partial charge in [0.1, 0.15) is 11.5 Å². The largest absolute Gasteiger partial charge is 0.495 e. The zero-order valence-electron chi connectivity index (χ0n) is 20.8. The van der Waals surface area contributed by atoms with Crippen molar-refractivity contribution in [3.8, 4) is 22.6 Å². The fourth-order valence-electron chi connectivity index (χ4n) is 3.87. The van der Waals surface area contributed by atoms with Gasteiger partial charge in [-0.25, -0.2) is 0 Å². The van der Waals surface area contributed by atoms with Crippen LogP contribution in [-0.4, -0.2) is 51.5 Å². The highest BCUT2D eigenvalue weighted by atomic mass is 35.5. The highest BCUT2D eigenvalue weighted by Crippen LogP contribution is 2.38. The predicted molar refractivity (Wildman–Crippen MR) is 143 cm³/mol. The molecule has 3 rings (SSSR count). The number of carbonyl (C=O) groups excluding carboxylic acids is 1. The van der Waals surface area contributed by atoms with E-state index in [1.165, 1.54) is 0 Å². The highest BCUT2D eigenvalue weighted by molar-refractivity contribution is 6.34. The van der Waals surface area contributed by atoms with Crippen LogP contribution in [0.5, 0.6) is 11.5 Å². The number of nitrogens with zero attached hydrogens (tertiary/aromatic N) is 3. The Hall–Kier alpha value is -3.42. The number of hydrogen-bond donors (Lipinski definition) is 1. The number of aliphatic imine (C=N–C) groups is 1. The van der Waals surface area contributed by atoms with E-state index < -0.39 is 0 Å². The van der Waals surface area contributed by atoms with Crippen LogP contribution in [0.2, 0.25) is 5.02 Å². The van der Waals surface area contributed by atoms with Gasteiger partial charge in [-0.3, -0.25) is 14.8 Å². The van der Waals surface area contributed by atoms with Crippen molar-refractivity contribution >= 4 is 29.4 Å². The molecule has 0 aliphatic carbocycles. The van der Waals surface area contributed by atoms with Crippen LogP contribution in [0, 0.1) is 13.8 Å². The summed E-state index contributed by atoms with van der Waals surface area (Å²) in [6.45, 7) is 4.68. The normalized spacial score (nSPS) is 11.1. The van der Waals surface area contributed by atoms with Crippen LogP contribution in [0.3, 0.4) is 0 Å². The molecule has 2 aromatic carbocycles. The first-order chi connectivity index (χ1) is 16.8. The third-order valence-electron chi connectivity index (χ3n) is 5.60. The van der Waals surface area contributed by atoms with E-state index in [1.54, 1.807) is 50.6 Å². The van der Waals surface area contributed by atoms with Gasteiger partial charge in [-0.1, -0.05) is 23.7 Å². The molecule has 1 aromatic heterocycles. The first-order valence-corrected chi connectivity index (χ1v) is 11.7. The van der Waals surface area contributed by atoms with Gasteiger partial charge in [0, 0.05) is 55.0 Å². The molecular formula is C27H31ClN4O3. The SMILES string of the molecule is CN=Cc1cc(C)ncc1-c1cc(C(=O)N(C)c2c(C)cccc2OC)c(OCCCN)cc1Cl. The molecule has 0 aliphatic rings. The maximum absolute atomic E-state index is 13.9. The molecule has 0 radical (unpaired) electrons. The van der Waals surface area contributed by atoms with Crippen LogP contribution in [0.25, 0.3) is 11.1 Å². The lowest BCUT2D eigenvalue weighted by atomic mass is 9.98. The smallest absolute Gasteiger partial charge is 0.261 e. The van der Waals surface area contributed by atoms with Crippen LogP contribution < -0.4 is 20.1 Å². The Labute approximate surface area is 211 Å². The molecule has 1 amide bonds. The van der Waals surface area contributed by atoms with Crippen molar-refractivity contribution in [3.05, 3.63) is 70.0 Å². The maximum Gasteiger partial charge on any atom is 0.261 e. The number of aromatic nitrogens is 1. The number of methoxy groups -OCH3 is 1. The zero-order chi connectivity index (χ0) is 25.5. The lowest BCUT2D eigenvalue weighted by Gasteiger charge is -2.24. The van der Waals surface area contributed by atoms with Crippen LogP contribution in [0.1, 0.15) is 33.6 Å². The summed E-state index contributed by atoms with van der Waals surface area (Å²) in [7, 11) is 5.00. The Kier molecular flexibility index (Phi) is 8.84. The minimum absolute atomic E-state index is 0.260. The molecule has 0 unspecified atom stereocenters. The Morgan fingerprint density at radius 1 is 1.20 bits per heavy atom. The number of carbonyl (C=O) groups is 1. The Morgan fingerprint density at radius 3 is 2.66 bits per heavy atom. The quantitative estimate of drug-likeness (QED) is 0.331. The van der Waals surface area contributed by atoms with Gasteiger partial charge in [0.05, 0.1) is 30.0 Å². The van der Waals surface area contributed by atoms with Gasteiger partial charge in [-0.05, 0) is 50.6 Å². The van der Waals surface area contributed by atoms with Gasteiger partial charge in [0.25, 0.3) is 5.91 Å². The summed E-state index contributed by atoms with van der Waals surface area (Å²) in [4.78, 5) is 24.0. The summed E-state index contributed by atoms with van der Waals surface area (Å²) in [5.41, 5.74) is 10.7. The van der Waals surface area contributed by atoms with Crippen molar-refractivity contribution in [3.63, 3.8) is 0 Å². The monoisotopic (exact) mass is 494 g/mol. The number of halogens is 1. The zero-order valence-corrected chi connectivity index (χ0v) is 21.5. The van der Waals surface area contributed by atoms with Crippen molar-refractivity contribution in [1.82, 2.24) is 4.98 Å².